The fraction of sp³-hybridized carbons (Fsp3) is 0.432. The van der Waals surface area contributed by atoms with Crippen LogP contribution in [0.25, 0.3) is 43.1 Å². The van der Waals surface area contributed by atoms with Crippen LogP contribution in [0.5, 0.6) is 46.0 Å². The van der Waals surface area contributed by atoms with Crippen LogP contribution in [0.4, 0.5) is 0 Å². The van der Waals surface area contributed by atoms with Gasteiger partial charge in [-0.2, -0.15) is 0 Å². The quantitative estimate of drug-likeness (QED) is 0.0230. The van der Waals surface area contributed by atoms with Crippen molar-refractivity contribution >= 4 is 78.7 Å². The Morgan fingerprint density at radius 3 is 0.827 bits per heavy atom. The Morgan fingerprint density at radius 2 is 0.606 bits per heavy atom. The van der Waals surface area contributed by atoms with Crippen LogP contribution in [0.1, 0.15) is 224 Å². The van der Waals surface area contributed by atoms with Crippen molar-refractivity contribution in [3.05, 3.63) is 166 Å². The Hall–Kier alpha value is -9.38. The molecule has 9 aromatic rings. The van der Waals surface area contributed by atoms with Crippen molar-refractivity contribution in [2.24, 2.45) is 11.8 Å². The number of carbonyl (C=O) groups excluding carboxylic acids is 6. The van der Waals surface area contributed by atoms with E-state index in [0.29, 0.717) is 68.5 Å². The zero-order chi connectivity index (χ0) is 73.1. The molecule has 2 aliphatic carbocycles. The maximum atomic E-state index is 16.5. The lowest BCUT2D eigenvalue weighted by Crippen LogP contribution is -2.52. The van der Waals surface area contributed by atoms with Gasteiger partial charge >= 0.3 is 11.9 Å². The zero-order valence-electron chi connectivity index (χ0n) is 61.9. The summed E-state index contributed by atoms with van der Waals surface area (Å²) < 4.78 is 52.7. The average molecular weight is 1400 g/mol. The lowest BCUT2D eigenvalue weighted by atomic mass is 9.79. The summed E-state index contributed by atoms with van der Waals surface area (Å²) in [6.07, 6.45) is 8.90. The molecule has 4 fully saturated rings. The summed E-state index contributed by atoms with van der Waals surface area (Å²) in [5.74, 6) is -2.18. The molecule has 15 rings (SSSR count). The molecule has 4 unspecified atom stereocenters. The normalized spacial score (nSPS) is 18.7. The van der Waals surface area contributed by atoms with E-state index in [1.54, 1.807) is 24.3 Å². The fourth-order valence-electron chi connectivity index (χ4n) is 16.0. The maximum absolute atomic E-state index is 16.5. The summed E-state index contributed by atoms with van der Waals surface area (Å²) in [5, 5.41) is 2.51. The molecule has 2 saturated heterocycles. The third-order valence-electron chi connectivity index (χ3n) is 22.1. The molecule has 4 atom stereocenters. The van der Waals surface area contributed by atoms with E-state index >= 15 is 28.8 Å². The van der Waals surface area contributed by atoms with E-state index in [1.165, 1.54) is 0 Å². The van der Waals surface area contributed by atoms with Crippen molar-refractivity contribution in [1.82, 2.24) is 9.80 Å². The number of fused-ring (bicyclic) bond motifs is 2. The van der Waals surface area contributed by atoms with E-state index in [1.807, 2.05) is 97.1 Å². The highest BCUT2D eigenvalue weighted by Gasteiger charge is 2.48. The van der Waals surface area contributed by atoms with Crippen molar-refractivity contribution in [2.45, 2.75) is 206 Å². The smallest absolute Gasteiger partial charge is 0.329 e. The Labute approximate surface area is 608 Å². The van der Waals surface area contributed by atoms with Crippen molar-refractivity contribution in [1.29, 1.82) is 0 Å². The number of imide groups is 2. The number of rotatable bonds is 20. The number of ether oxygens (including phenoxy) is 8. The third kappa shape index (κ3) is 13.7. The van der Waals surface area contributed by atoms with E-state index in [-0.39, 0.29) is 128 Å². The Balaban J connectivity index is 1.08. The van der Waals surface area contributed by atoms with Gasteiger partial charge in [-0.25, -0.2) is 9.59 Å². The molecular formula is C88H94N2O14. The first-order chi connectivity index (χ1) is 49.5. The zero-order valence-corrected chi connectivity index (χ0v) is 61.9. The first-order valence-electron chi connectivity index (χ1n) is 37.4. The summed E-state index contributed by atoms with van der Waals surface area (Å²) in [4.78, 5) is 98.4. The highest BCUT2D eigenvalue weighted by atomic mass is 16.6. The second-order valence-electron chi connectivity index (χ2n) is 33.8. The molecule has 9 aromatic carbocycles. The van der Waals surface area contributed by atoms with Gasteiger partial charge in [-0.1, -0.05) is 196 Å². The first kappa shape index (κ1) is 70.3. The summed E-state index contributed by atoms with van der Waals surface area (Å²) >= 11 is 0. The summed E-state index contributed by atoms with van der Waals surface area (Å²) in [6, 6.07) is 35.0. The lowest BCUT2D eigenvalue weighted by Gasteiger charge is -2.37. The molecule has 4 heterocycles. The maximum Gasteiger partial charge on any atom is 0.329 e. The number of esters is 2. The van der Waals surface area contributed by atoms with E-state index in [4.69, 9.17) is 37.9 Å². The van der Waals surface area contributed by atoms with Gasteiger partial charge in [0.15, 0.2) is 0 Å². The molecule has 2 saturated carbocycles. The van der Waals surface area contributed by atoms with Crippen molar-refractivity contribution in [3.8, 4) is 46.0 Å². The highest BCUT2D eigenvalue weighted by molar-refractivity contribution is 6.45. The number of epoxide rings is 2. The van der Waals surface area contributed by atoms with Gasteiger partial charge in [-0.15, -0.1) is 0 Å². The van der Waals surface area contributed by atoms with Crippen LogP contribution in [0, 0.1) is 11.8 Å². The molecule has 16 nitrogen and oxygen atoms in total. The van der Waals surface area contributed by atoms with Crippen molar-refractivity contribution in [2.75, 3.05) is 26.4 Å². The van der Waals surface area contributed by atoms with E-state index in [0.717, 1.165) is 96.3 Å². The third-order valence-corrected chi connectivity index (χ3v) is 22.1. The molecule has 16 heteroatoms. The van der Waals surface area contributed by atoms with Gasteiger partial charge in [0, 0.05) is 43.1 Å². The summed E-state index contributed by atoms with van der Waals surface area (Å²) in [5.41, 5.74) is 3.43. The fourth-order valence-corrected chi connectivity index (χ4v) is 16.0. The molecular weight excluding hydrogens is 1310 g/mol. The van der Waals surface area contributed by atoms with Crippen LogP contribution >= 0.6 is 0 Å². The summed E-state index contributed by atoms with van der Waals surface area (Å²) in [7, 11) is 0. The molecule has 0 bridgehead atoms. The summed E-state index contributed by atoms with van der Waals surface area (Å²) in [6.45, 7) is 26.3. The highest BCUT2D eigenvalue weighted by Crippen LogP contribution is 2.59. The van der Waals surface area contributed by atoms with E-state index in [2.05, 4.69) is 83.1 Å². The van der Waals surface area contributed by atoms with Crippen LogP contribution in [0.3, 0.4) is 0 Å². The van der Waals surface area contributed by atoms with Gasteiger partial charge in [0.25, 0.3) is 23.6 Å². The average Bonchev–Trinajstić information content (AvgIpc) is 0.746. The van der Waals surface area contributed by atoms with Gasteiger partial charge in [-0.3, -0.25) is 29.0 Å². The monoisotopic (exact) mass is 1400 g/mol. The predicted octanol–water partition coefficient (Wildman–Crippen LogP) is 19.9. The molecule has 0 radical (unpaired) electrons. The minimum Gasteiger partial charge on any atom is -0.461 e. The number of amides is 4. The SMILES string of the molecule is CC(C)(C)c1ccc(Oc2cc3c4c(cc(Oc5ccc(C(C)(C)C)cc5)c5c6c(Oc7ccc(C(C)(C)C)cc7)cc7c8c(cc(Oc9ccc(C(C)(C)C)cc9)c(c2c45)c86)C(=O)N(C(CC2CCCCC2)C(=O)OCC2CO2)C7=O)C(=O)N(C(CC2CCCCC2)C(=O)OCC2CO2)C3=O)cc1. The molecule has 6 aliphatic rings. The Morgan fingerprint density at radius 1 is 0.365 bits per heavy atom. The Kier molecular flexibility index (Phi) is 18.2. The molecule has 4 amide bonds. The van der Waals surface area contributed by atoms with E-state index in [9.17, 15) is 0 Å². The number of carbonyl (C=O) groups is 6. The number of nitrogens with zero attached hydrogens (tertiary/aromatic N) is 2. The second-order valence-corrected chi connectivity index (χ2v) is 33.8. The standard InChI is InChI=1S/C88H94N2O14/c1-85(2,3)51-23-31-55(32-24-51)101-67-41-61-71-62(80(92)89(79(61)91)65(39-49-19-15-13-16-20-49)83(95)99-47-59-45-97-59)43-69(103-57-35-27-53(28-36-57)87(7,8)9)75-76-70(104-58-37-29-54(30-38-58)88(10,11)12)44-64-72-63(42-68(74(78(72)76)73(67)77(71)75)102-56-33-25-52(26-34-56)86(4,5)6)81(93)90(82(64)94)66(40-50-21-17-14-18-22-50)84(96)100-48-60-46-98-60/h23-38,41-44,49-50,59-60,65-66H,13-22,39-40,45-48H2,1-12H3. The van der Waals surface area contributed by atoms with Crippen LogP contribution in [-0.4, -0.2) is 96.1 Å². The largest absolute Gasteiger partial charge is 0.461 e. The first-order valence-corrected chi connectivity index (χ1v) is 37.4. The Bertz CT molecular complexity index is 4320. The van der Waals surface area contributed by atoms with Crippen LogP contribution in [0.2, 0.25) is 0 Å². The minimum absolute atomic E-state index is 0.00965. The van der Waals surface area contributed by atoms with Gasteiger partial charge in [0.2, 0.25) is 0 Å². The van der Waals surface area contributed by atoms with Crippen molar-refractivity contribution in [3.63, 3.8) is 0 Å². The van der Waals surface area contributed by atoms with Crippen LogP contribution in [-0.2, 0) is 50.2 Å². The minimum atomic E-state index is -1.33. The van der Waals surface area contributed by atoms with Gasteiger partial charge in [0.05, 0.1) is 35.5 Å². The molecule has 0 aromatic heterocycles. The molecule has 4 aliphatic heterocycles. The lowest BCUT2D eigenvalue weighted by molar-refractivity contribution is -0.150. The molecule has 0 spiro atoms. The topological polar surface area (TPSA) is 189 Å². The van der Waals surface area contributed by atoms with Gasteiger partial charge < -0.3 is 37.9 Å². The second kappa shape index (κ2) is 27.0. The number of benzene rings is 9. The number of hydrogen-bond acceptors (Lipinski definition) is 14. The predicted molar refractivity (Wildman–Crippen MR) is 401 cm³/mol. The van der Waals surface area contributed by atoms with Crippen LogP contribution < -0.4 is 18.9 Å². The van der Waals surface area contributed by atoms with Crippen molar-refractivity contribution < 1.29 is 66.7 Å². The molecule has 540 valence electrons. The molecule has 0 N–H and O–H groups in total. The van der Waals surface area contributed by atoms with Crippen LogP contribution in [0.15, 0.2) is 121 Å². The number of hydrogen-bond donors (Lipinski definition) is 0. The van der Waals surface area contributed by atoms with E-state index < -0.39 is 47.7 Å². The molecule has 104 heavy (non-hydrogen) atoms. The van der Waals surface area contributed by atoms with Gasteiger partial charge in [0.1, 0.15) is 83.5 Å². The van der Waals surface area contributed by atoms with Gasteiger partial charge in [-0.05, 0) is 141 Å².